The molecule has 3 rings (SSSR count). The Hall–Kier alpha value is -2.13. The first kappa shape index (κ1) is 17.7. The molecular weight excluding hydrogens is 355 g/mol. The molecule has 0 unspecified atom stereocenters. The van der Waals surface area contributed by atoms with Gasteiger partial charge in [0.15, 0.2) is 0 Å². The van der Waals surface area contributed by atoms with Gasteiger partial charge in [-0.3, -0.25) is 0 Å². The summed E-state index contributed by atoms with van der Waals surface area (Å²) >= 11 is 0. The van der Waals surface area contributed by atoms with Gasteiger partial charge in [-0.05, 0) is 31.2 Å². The molecule has 0 aliphatic carbocycles. The van der Waals surface area contributed by atoms with Crippen LogP contribution in [0.3, 0.4) is 0 Å². The summed E-state index contributed by atoms with van der Waals surface area (Å²) in [4.78, 5) is 5.68. The van der Waals surface area contributed by atoms with Gasteiger partial charge >= 0.3 is 6.18 Å². The molecule has 1 fully saturated rings. The minimum Gasteiger partial charge on any atom is -0.353 e. The van der Waals surface area contributed by atoms with E-state index in [0.29, 0.717) is 0 Å². The molecule has 0 saturated carbocycles. The maximum absolute atomic E-state index is 12.7. The first-order valence-electron chi connectivity index (χ1n) is 7.52. The fourth-order valence-electron chi connectivity index (χ4n) is 2.51. The van der Waals surface area contributed by atoms with Gasteiger partial charge in [-0.1, -0.05) is 17.7 Å². The first-order chi connectivity index (χ1) is 11.6. The summed E-state index contributed by atoms with van der Waals surface area (Å²) in [6, 6.07) is 7.93. The number of aryl methyl sites for hydroxylation is 1. The number of sulfonamides is 1. The fourth-order valence-corrected chi connectivity index (χ4v) is 3.73. The minimum atomic E-state index is -4.44. The van der Waals surface area contributed by atoms with Crippen LogP contribution in [0, 0.1) is 6.92 Å². The molecule has 2 aromatic rings. The topological polar surface area (TPSA) is 62.3 Å². The van der Waals surface area contributed by atoms with Gasteiger partial charge in [0, 0.05) is 19.3 Å². The Morgan fingerprint density at radius 1 is 1.16 bits per heavy atom. The molecule has 2 heterocycles. The van der Waals surface area contributed by atoms with Crippen LogP contribution in [-0.4, -0.2) is 32.5 Å². The summed E-state index contributed by atoms with van der Waals surface area (Å²) in [6.45, 7) is 2.38. The smallest absolute Gasteiger partial charge is 0.353 e. The highest BCUT2D eigenvalue weighted by Gasteiger charge is 2.34. The molecule has 9 heteroatoms. The van der Waals surface area contributed by atoms with Crippen molar-refractivity contribution >= 4 is 15.8 Å². The van der Waals surface area contributed by atoms with Crippen LogP contribution < -0.4 is 9.62 Å². The van der Waals surface area contributed by atoms with Gasteiger partial charge in [0.1, 0.15) is 5.82 Å². The molecule has 1 aliphatic rings. The molecule has 25 heavy (non-hydrogen) atoms. The number of benzene rings is 1. The van der Waals surface area contributed by atoms with Crippen molar-refractivity contribution in [3.8, 4) is 0 Å². The Morgan fingerprint density at radius 3 is 2.40 bits per heavy atom. The van der Waals surface area contributed by atoms with Gasteiger partial charge < -0.3 is 4.90 Å². The van der Waals surface area contributed by atoms with E-state index in [0.717, 1.165) is 23.9 Å². The van der Waals surface area contributed by atoms with Crippen molar-refractivity contribution in [3.63, 3.8) is 0 Å². The zero-order valence-electron chi connectivity index (χ0n) is 13.3. The normalized spacial score (nSPS) is 15.9. The van der Waals surface area contributed by atoms with Crippen molar-refractivity contribution in [2.24, 2.45) is 0 Å². The third kappa shape index (κ3) is 3.93. The molecule has 0 bridgehead atoms. The standard InChI is InChI=1S/C16H16F3N3O2S/c1-11-2-4-14(5-3-11)25(23,24)21-13-9-22(10-13)15-8-12(6-7-20-15)16(17,18)19/h2-8,13,21H,9-10H2,1H3. The van der Waals surface area contributed by atoms with E-state index in [1.807, 2.05) is 6.92 Å². The highest BCUT2D eigenvalue weighted by Crippen LogP contribution is 2.31. The van der Waals surface area contributed by atoms with E-state index in [2.05, 4.69) is 9.71 Å². The number of nitrogens with one attached hydrogen (secondary N) is 1. The molecule has 0 amide bonds. The quantitative estimate of drug-likeness (QED) is 0.897. The van der Waals surface area contributed by atoms with Crippen molar-refractivity contribution in [1.82, 2.24) is 9.71 Å². The molecular formula is C16H16F3N3O2S. The van der Waals surface area contributed by atoms with Crippen molar-refractivity contribution in [3.05, 3.63) is 53.7 Å². The molecule has 1 aliphatic heterocycles. The average molecular weight is 371 g/mol. The lowest BCUT2D eigenvalue weighted by molar-refractivity contribution is -0.137. The van der Waals surface area contributed by atoms with Gasteiger partial charge in [0.05, 0.1) is 16.5 Å². The minimum absolute atomic E-state index is 0.161. The lowest BCUT2D eigenvalue weighted by Gasteiger charge is -2.40. The summed E-state index contributed by atoms with van der Waals surface area (Å²) in [6.07, 6.45) is -3.34. The van der Waals surface area contributed by atoms with Crippen molar-refractivity contribution in [2.45, 2.75) is 24.0 Å². The van der Waals surface area contributed by atoms with E-state index in [1.165, 1.54) is 12.1 Å². The van der Waals surface area contributed by atoms with E-state index in [1.54, 1.807) is 17.0 Å². The molecule has 1 aromatic heterocycles. The number of rotatable bonds is 4. The van der Waals surface area contributed by atoms with Crippen LogP contribution in [0.1, 0.15) is 11.1 Å². The largest absolute Gasteiger partial charge is 0.416 e. The predicted octanol–water partition coefficient (Wildman–Crippen LogP) is 2.58. The SMILES string of the molecule is Cc1ccc(S(=O)(=O)NC2CN(c3cc(C(F)(F)F)ccn3)C2)cc1. The fraction of sp³-hybridized carbons (Fsp3) is 0.312. The van der Waals surface area contributed by atoms with Gasteiger partial charge in [0.2, 0.25) is 10.0 Å². The number of pyridine rings is 1. The maximum Gasteiger partial charge on any atom is 0.416 e. The molecule has 134 valence electrons. The average Bonchev–Trinajstić information content (AvgIpc) is 2.50. The summed E-state index contributed by atoms with van der Waals surface area (Å²) in [5, 5.41) is 0. The van der Waals surface area contributed by atoms with Gasteiger partial charge in [-0.15, -0.1) is 0 Å². The molecule has 0 radical (unpaired) electrons. The third-order valence-electron chi connectivity index (χ3n) is 3.93. The zero-order valence-corrected chi connectivity index (χ0v) is 14.1. The zero-order chi connectivity index (χ0) is 18.2. The second-order valence-electron chi connectivity index (χ2n) is 5.94. The second-order valence-corrected chi connectivity index (χ2v) is 7.65. The number of hydrogen-bond acceptors (Lipinski definition) is 4. The van der Waals surface area contributed by atoms with Crippen molar-refractivity contribution < 1.29 is 21.6 Å². The van der Waals surface area contributed by atoms with Crippen LogP contribution in [0.25, 0.3) is 0 Å². The summed E-state index contributed by atoms with van der Waals surface area (Å²) < 4.78 is 65.3. The molecule has 1 aromatic carbocycles. The van der Waals surface area contributed by atoms with Crippen molar-refractivity contribution in [2.75, 3.05) is 18.0 Å². The molecule has 0 spiro atoms. The highest BCUT2D eigenvalue weighted by molar-refractivity contribution is 7.89. The number of aromatic nitrogens is 1. The highest BCUT2D eigenvalue weighted by atomic mass is 32.2. The maximum atomic E-state index is 12.7. The number of nitrogens with zero attached hydrogens (tertiary/aromatic N) is 2. The summed E-state index contributed by atoms with van der Waals surface area (Å²) in [5.74, 6) is 0.181. The van der Waals surface area contributed by atoms with Crippen LogP contribution >= 0.6 is 0 Å². The van der Waals surface area contributed by atoms with E-state index in [4.69, 9.17) is 0 Å². The second kappa shape index (κ2) is 6.30. The van der Waals surface area contributed by atoms with Gasteiger partial charge in [-0.2, -0.15) is 13.2 Å². The Bertz CT molecular complexity index is 861. The molecule has 1 N–H and O–H groups in total. The van der Waals surface area contributed by atoms with Crippen LogP contribution in [0.5, 0.6) is 0 Å². The van der Waals surface area contributed by atoms with Crippen LogP contribution in [0.4, 0.5) is 19.0 Å². The predicted molar refractivity (Wildman–Crippen MR) is 86.7 cm³/mol. The van der Waals surface area contributed by atoms with E-state index in [-0.39, 0.29) is 29.8 Å². The van der Waals surface area contributed by atoms with Crippen LogP contribution in [0.2, 0.25) is 0 Å². The number of anilines is 1. The van der Waals surface area contributed by atoms with Crippen LogP contribution in [-0.2, 0) is 16.2 Å². The van der Waals surface area contributed by atoms with Gasteiger partial charge in [0.25, 0.3) is 0 Å². The number of hydrogen-bond donors (Lipinski definition) is 1. The molecule has 0 atom stereocenters. The number of alkyl halides is 3. The molecule has 5 nitrogen and oxygen atoms in total. The Morgan fingerprint density at radius 2 is 1.80 bits per heavy atom. The van der Waals surface area contributed by atoms with E-state index < -0.39 is 21.8 Å². The van der Waals surface area contributed by atoms with E-state index in [9.17, 15) is 21.6 Å². The van der Waals surface area contributed by atoms with E-state index >= 15 is 0 Å². The number of halogens is 3. The Balaban J connectivity index is 1.64. The Labute approximate surface area is 143 Å². The van der Waals surface area contributed by atoms with Gasteiger partial charge in [-0.25, -0.2) is 18.1 Å². The lowest BCUT2D eigenvalue weighted by atomic mass is 10.1. The monoisotopic (exact) mass is 371 g/mol. The van der Waals surface area contributed by atoms with Crippen LogP contribution in [0.15, 0.2) is 47.5 Å². The molecule has 1 saturated heterocycles. The Kier molecular flexibility index (Phi) is 4.46. The first-order valence-corrected chi connectivity index (χ1v) is 9.01. The summed E-state index contributed by atoms with van der Waals surface area (Å²) in [7, 11) is -3.65. The third-order valence-corrected chi connectivity index (χ3v) is 5.47. The lowest BCUT2D eigenvalue weighted by Crippen LogP contribution is -2.59. The summed E-state index contributed by atoms with van der Waals surface area (Å²) in [5.41, 5.74) is 0.172. The van der Waals surface area contributed by atoms with Crippen molar-refractivity contribution in [1.29, 1.82) is 0 Å².